The third-order valence-corrected chi connectivity index (χ3v) is 2.99. The number of nitrogen functional groups attached to an aromatic ring is 1. The van der Waals surface area contributed by atoms with Gasteiger partial charge in [0.2, 0.25) is 0 Å². The van der Waals surface area contributed by atoms with Gasteiger partial charge in [0.15, 0.2) is 0 Å². The molecule has 18 heavy (non-hydrogen) atoms. The lowest BCUT2D eigenvalue weighted by atomic mass is 9.98. The van der Waals surface area contributed by atoms with Crippen molar-refractivity contribution in [2.45, 2.75) is 13.8 Å². The number of aryl methyl sites for hydroxylation is 2. The summed E-state index contributed by atoms with van der Waals surface area (Å²) in [7, 11) is 1.64. The highest BCUT2D eigenvalue weighted by Gasteiger charge is 2.09. The van der Waals surface area contributed by atoms with Gasteiger partial charge in [-0.1, -0.05) is 0 Å². The molecule has 0 atom stereocenters. The molecular weight excluding hydrogens is 229 g/mol. The molecule has 94 valence electrons. The summed E-state index contributed by atoms with van der Waals surface area (Å²) in [5.74, 6) is 0.569. The summed E-state index contributed by atoms with van der Waals surface area (Å²) in [6.07, 6.45) is 0. The monoisotopic (exact) mass is 245 g/mol. The van der Waals surface area contributed by atoms with Crippen LogP contribution in [0, 0.1) is 19.7 Å². The number of rotatable bonds is 2. The van der Waals surface area contributed by atoms with Crippen molar-refractivity contribution in [1.82, 2.24) is 0 Å². The van der Waals surface area contributed by atoms with Crippen LogP contribution in [0.4, 0.5) is 10.1 Å². The summed E-state index contributed by atoms with van der Waals surface area (Å²) >= 11 is 0. The van der Waals surface area contributed by atoms with Crippen LogP contribution in [0.15, 0.2) is 30.3 Å². The van der Waals surface area contributed by atoms with E-state index in [1.807, 2.05) is 26.0 Å². The quantitative estimate of drug-likeness (QED) is 0.819. The minimum absolute atomic E-state index is 0.287. The van der Waals surface area contributed by atoms with Crippen LogP contribution in [-0.4, -0.2) is 7.11 Å². The predicted molar refractivity (Wildman–Crippen MR) is 72.3 cm³/mol. The molecule has 0 amide bonds. The molecule has 0 aliphatic heterocycles. The van der Waals surface area contributed by atoms with Gasteiger partial charge in [-0.25, -0.2) is 4.39 Å². The fourth-order valence-corrected chi connectivity index (χ4v) is 2.21. The molecule has 0 saturated carbocycles. The van der Waals surface area contributed by atoms with Crippen LogP contribution in [0.3, 0.4) is 0 Å². The van der Waals surface area contributed by atoms with Crippen molar-refractivity contribution in [2.24, 2.45) is 0 Å². The maximum Gasteiger partial charge on any atom is 0.124 e. The van der Waals surface area contributed by atoms with Gasteiger partial charge in [0.25, 0.3) is 0 Å². The lowest BCUT2D eigenvalue weighted by Crippen LogP contribution is -1.95. The minimum atomic E-state index is -0.287. The van der Waals surface area contributed by atoms with Crippen LogP contribution in [0.5, 0.6) is 5.75 Å². The van der Waals surface area contributed by atoms with E-state index in [9.17, 15) is 4.39 Å². The summed E-state index contributed by atoms with van der Waals surface area (Å²) in [6, 6.07) is 8.31. The summed E-state index contributed by atoms with van der Waals surface area (Å²) in [4.78, 5) is 0. The van der Waals surface area contributed by atoms with Gasteiger partial charge >= 0.3 is 0 Å². The van der Waals surface area contributed by atoms with Crippen molar-refractivity contribution in [3.05, 3.63) is 47.3 Å². The van der Waals surface area contributed by atoms with Crippen LogP contribution in [0.25, 0.3) is 11.1 Å². The van der Waals surface area contributed by atoms with E-state index in [1.165, 1.54) is 12.1 Å². The van der Waals surface area contributed by atoms with Crippen molar-refractivity contribution in [3.8, 4) is 16.9 Å². The summed E-state index contributed by atoms with van der Waals surface area (Å²) in [5.41, 5.74) is 10.1. The first-order valence-electron chi connectivity index (χ1n) is 5.73. The second-order valence-electron chi connectivity index (χ2n) is 4.37. The topological polar surface area (TPSA) is 35.2 Å². The minimum Gasteiger partial charge on any atom is -0.496 e. The molecule has 0 fully saturated rings. The Morgan fingerprint density at radius 2 is 1.67 bits per heavy atom. The molecule has 2 nitrogen and oxygen atoms in total. The number of hydrogen-bond acceptors (Lipinski definition) is 2. The summed E-state index contributed by atoms with van der Waals surface area (Å²) in [6.45, 7) is 3.93. The molecule has 2 N–H and O–H groups in total. The highest BCUT2D eigenvalue weighted by molar-refractivity contribution is 5.77. The summed E-state index contributed by atoms with van der Waals surface area (Å²) in [5, 5.41) is 0. The van der Waals surface area contributed by atoms with Crippen molar-refractivity contribution < 1.29 is 9.13 Å². The zero-order chi connectivity index (χ0) is 13.3. The molecule has 0 aliphatic carbocycles. The summed E-state index contributed by atoms with van der Waals surface area (Å²) < 4.78 is 18.6. The third kappa shape index (κ3) is 2.16. The van der Waals surface area contributed by atoms with Crippen LogP contribution in [0.2, 0.25) is 0 Å². The largest absolute Gasteiger partial charge is 0.496 e. The Balaban J connectivity index is 2.61. The molecule has 0 spiro atoms. The van der Waals surface area contributed by atoms with E-state index in [0.717, 1.165) is 22.4 Å². The van der Waals surface area contributed by atoms with Gasteiger partial charge in [0.1, 0.15) is 11.6 Å². The number of benzene rings is 2. The average Bonchev–Trinajstić information content (AvgIpc) is 2.32. The Morgan fingerprint density at radius 3 is 2.22 bits per heavy atom. The number of ether oxygens (including phenoxy) is 1. The van der Waals surface area contributed by atoms with Gasteiger partial charge in [-0.05, 0) is 60.9 Å². The normalized spacial score (nSPS) is 10.4. The molecule has 0 bridgehead atoms. The van der Waals surface area contributed by atoms with Gasteiger partial charge in [-0.15, -0.1) is 0 Å². The van der Waals surface area contributed by atoms with E-state index < -0.39 is 0 Å². The van der Waals surface area contributed by atoms with Crippen molar-refractivity contribution in [3.63, 3.8) is 0 Å². The standard InChI is InChI=1S/C15H16FNO/c1-9-6-11(7-10(2)15(9)18-3)13-8-12(16)4-5-14(13)17/h4-8H,17H2,1-3H3. The zero-order valence-corrected chi connectivity index (χ0v) is 10.8. The SMILES string of the molecule is COc1c(C)cc(-c2cc(F)ccc2N)cc1C. The van der Waals surface area contributed by atoms with Gasteiger partial charge in [-0.2, -0.15) is 0 Å². The fourth-order valence-electron chi connectivity index (χ4n) is 2.21. The van der Waals surface area contributed by atoms with Crippen LogP contribution < -0.4 is 10.5 Å². The van der Waals surface area contributed by atoms with Crippen LogP contribution >= 0.6 is 0 Å². The number of halogens is 1. The highest BCUT2D eigenvalue weighted by atomic mass is 19.1. The maximum atomic E-state index is 13.3. The van der Waals surface area contributed by atoms with Gasteiger partial charge in [-0.3, -0.25) is 0 Å². The van der Waals surface area contributed by atoms with Gasteiger partial charge in [0.05, 0.1) is 7.11 Å². The molecular formula is C15H16FNO. The van der Waals surface area contributed by atoms with E-state index in [-0.39, 0.29) is 5.82 Å². The van der Waals surface area contributed by atoms with Crippen molar-refractivity contribution in [1.29, 1.82) is 0 Å². The second-order valence-corrected chi connectivity index (χ2v) is 4.37. The van der Waals surface area contributed by atoms with E-state index in [4.69, 9.17) is 10.5 Å². The van der Waals surface area contributed by atoms with Gasteiger partial charge < -0.3 is 10.5 Å². The number of hydrogen-bond donors (Lipinski definition) is 1. The van der Waals surface area contributed by atoms with Crippen LogP contribution in [-0.2, 0) is 0 Å². The molecule has 0 heterocycles. The van der Waals surface area contributed by atoms with E-state index in [0.29, 0.717) is 11.3 Å². The molecule has 2 aromatic carbocycles. The number of nitrogens with two attached hydrogens (primary N) is 1. The molecule has 0 aromatic heterocycles. The molecule has 0 aliphatic rings. The first kappa shape index (κ1) is 12.4. The predicted octanol–water partition coefficient (Wildman–Crippen LogP) is 3.70. The van der Waals surface area contributed by atoms with E-state index >= 15 is 0 Å². The highest BCUT2D eigenvalue weighted by Crippen LogP contribution is 2.32. The van der Waals surface area contributed by atoms with E-state index in [1.54, 1.807) is 13.2 Å². The first-order valence-corrected chi connectivity index (χ1v) is 5.73. The van der Waals surface area contributed by atoms with Crippen LogP contribution in [0.1, 0.15) is 11.1 Å². The Kier molecular flexibility index (Phi) is 3.24. The van der Waals surface area contributed by atoms with Gasteiger partial charge in [0, 0.05) is 11.3 Å². The lowest BCUT2D eigenvalue weighted by Gasteiger charge is -2.13. The third-order valence-electron chi connectivity index (χ3n) is 2.99. The fraction of sp³-hybridized carbons (Fsp3) is 0.200. The molecule has 0 unspecified atom stereocenters. The Labute approximate surface area is 106 Å². The number of anilines is 1. The smallest absolute Gasteiger partial charge is 0.124 e. The first-order chi connectivity index (χ1) is 8.52. The lowest BCUT2D eigenvalue weighted by molar-refractivity contribution is 0.408. The molecule has 3 heteroatoms. The number of methoxy groups -OCH3 is 1. The Morgan fingerprint density at radius 1 is 1.06 bits per heavy atom. The Hall–Kier alpha value is -2.03. The van der Waals surface area contributed by atoms with E-state index in [2.05, 4.69) is 0 Å². The molecule has 0 radical (unpaired) electrons. The molecule has 0 saturated heterocycles. The zero-order valence-electron chi connectivity index (χ0n) is 10.8. The van der Waals surface area contributed by atoms with Crippen molar-refractivity contribution >= 4 is 5.69 Å². The molecule has 2 aromatic rings. The second kappa shape index (κ2) is 4.69. The Bertz CT molecular complexity index is 570. The average molecular weight is 245 g/mol. The molecule has 2 rings (SSSR count). The van der Waals surface area contributed by atoms with Crippen molar-refractivity contribution in [2.75, 3.05) is 12.8 Å². The maximum absolute atomic E-state index is 13.3.